The average molecular weight is 253 g/mol. The first-order valence-electron chi connectivity index (χ1n) is 7.82. The van der Waals surface area contributed by atoms with Gasteiger partial charge in [0.15, 0.2) is 0 Å². The molecule has 2 heterocycles. The third kappa shape index (κ3) is 2.59. The second kappa shape index (κ2) is 5.48. The normalized spacial score (nSPS) is 34.8. The van der Waals surface area contributed by atoms with Gasteiger partial charge in [-0.05, 0) is 63.5 Å². The quantitative estimate of drug-likeness (QED) is 0.792. The molecule has 18 heavy (non-hydrogen) atoms. The maximum Gasteiger partial charge on any atom is 0.0686 e. The summed E-state index contributed by atoms with van der Waals surface area (Å²) in [6.45, 7) is 3.03. The van der Waals surface area contributed by atoms with Crippen LogP contribution in [0.25, 0.3) is 0 Å². The van der Waals surface area contributed by atoms with Gasteiger partial charge in [0.1, 0.15) is 0 Å². The second-order valence-electron chi connectivity index (χ2n) is 6.57. The van der Waals surface area contributed by atoms with Crippen molar-refractivity contribution in [3.63, 3.8) is 0 Å². The lowest BCUT2D eigenvalue weighted by molar-refractivity contribution is -0.121. The van der Waals surface area contributed by atoms with Crippen molar-refractivity contribution < 1.29 is 9.84 Å². The van der Waals surface area contributed by atoms with Gasteiger partial charge in [-0.2, -0.15) is 0 Å². The fourth-order valence-electron chi connectivity index (χ4n) is 4.30. The van der Waals surface area contributed by atoms with Crippen molar-refractivity contribution in [1.29, 1.82) is 0 Å². The lowest BCUT2D eigenvalue weighted by Gasteiger charge is -2.42. The second-order valence-corrected chi connectivity index (χ2v) is 6.57. The number of aliphatic hydroxyl groups excluding tert-OH is 1. The Labute approximate surface area is 110 Å². The minimum atomic E-state index is -0.0894. The molecular weight excluding hydrogens is 226 g/mol. The predicted molar refractivity (Wildman–Crippen MR) is 71.5 cm³/mol. The minimum Gasteiger partial charge on any atom is -0.393 e. The number of hydrogen-bond acceptors (Lipinski definition) is 3. The van der Waals surface area contributed by atoms with E-state index in [0.29, 0.717) is 11.8 Å². The van der Waals surface area contributed by atoms with Crippen LogP contribution in [0.3, 0.4) is 0 Å². The van der Waals surface area contributed by atoms with Crippen molar-refractivity contribution in [2.45, 2.75) is 63.1 Å². The molecule has 1 saturated carbocycles. The first-order chi connectivity index (χ1) is 8.79. The third-order valence-electron chi connectivity index (χ3n) is 5.40. The van der Waals surface area contributed by atoms with Crippen LogP contribution >= 0.6 is 0 Å². The SMILES string of the molecule is OC(C1CCNCC1)C1CCOC2(CCCC2)C1. The van der Waals surface area contributed by atoms with Crippen molar-refractivity contribution in [2.24, 2.45) is 11.8 Å². The number of piperidine rings is 1. The number of nitrogens with one attached hydrogen (secondary N) is 1. The van der Waals surface area contributed by atoms with Crippen LogP contribution in [0.5, 0.6) is 0 Å². The number of rotatable bonds is 2. The smallest absolute Gasteiger partial charge is 0.0686 e. The van der Waals surface area contributed by atoms with E-state index in [2.05, 4.69) is 5.32 Å². The third-order valence-corrected chi connectivity index (χ3v) is 5.40. The summed E-state index contributed by atoms with van der Waals surface area (Å²) >= 11 is 0. The van der Waals surface area contributed by atoms with Gasteiger partial charge in [0.2, 0.25) is 0 Å². The Morgan fingerprint density at radius 1 is 1.06 bits per heavy atom. The van der Waals surface area contributed by atoms with Gasteiger partial charge in [-0.25, -0.2) is 0 Å². The van der Waals surface area contributed by atoms with E-state index in [0.717, 1.165) is 45.4 Å². The van der Waals surface area contributed by atoms with Crippen molar-refractivity contribution in [1.82, 2.24) is 5.32 Å². The molecule has 2 atom stereocenters. The molecule has 1 aliphatic carbocycles. The van der Waals surface area contributed by atoms with Crippen molar-refractivity contribution in [2.75, 3.05) is 19.7 Å². The van der Waals surface area contributed by atoms with Crippen LogP contribution in [-0.2, 0) is 4.74 Å². The summed E-state index contributed by atoms with van der Waals surface area (Å²) in [5.74, 6) is 1.01. The summed E-state index contributed by atoms with van der Waals surface area (Å²) in [4.78, 5) is 0. The molecule has 0 aromatic heterocycles. The highest BCUT2D eigenvalue weighted by molar-refractivity contribution is 4.94. The lowest BCUT2D eigenvalue weighted by Crippen LogP contribution is -2.45. The molecule has 3 nitrogen and oxygen atoms in total. The first-order valence-corrected chi connectivity index (χ1v) is 7.82. The Hall–Kier alpha value is -0.120. The Kier molecular flexibility index (Phi) is 3.92. The Balaban J connectivity index is 1.60. The molecule has 3 rings (SSSR count). The van der Waals surface area contributed by atoms with Gasteiger partial charge in [-0.15, -0.1) is 0 Å². The van der Waals surface area contributed by atoms with E-state index in [4.69, 9.17) is 4.74 Å². The van der Waals surface area contributed by atoms with Crippen LogP contribution in [0.4, 0.5) is 0 Å². The average Bonchev–Trinajstić information content (AvgIpc) is 2.87. The van der Waals surface area contributed by atoms with E-state index in [1.165, 1.54) is 25.7 Å². The molecular formula is C15H27NO2. The minimum absolute atomic E-state index is 0.0894. The van der Waals surface area contributed by atoms with Crippen molar-refractivity contribution >= 4 is 0 Å². The van der Waals surface area contributed by atoms with E-state index < -0.39 is 0 Å². The summed E-state index contributed by atoms with van der Waals surface area (Å²) in [5.41, 5.74) is 0.150. The summed E-state index contributed by atoms with van der Waals surface area (Å²) in [5, 5.41) is 14.0. The molecule has 3 heteroatoms. The predicted octanol–water partition coefficient (Wildman–Crippen LogP) is 2.09. The zero-order valence-electron chi connectivity index (χ0n) is 11.4. The van der Waals surface area contributed by atoms with Gasteiger partial charge in [0.25, 0.3) is 0 Å². The van der Waals surface area contributed by atoms with Crippen LogP contribution in [0.2, 0.25) is 0 Å². The fourth-order valence-corrected chi connectivity index (χ4v) is 4.30. The molecule has 0 radical (unpaired) electrons. The molecule has 2 aliphatic heterocycles. The largest absolute Gasteiger partial charge is 0.393 e. The first kappa shape index (κ1) is 12.9. The van der Waals surface area contributed by atoms with Crippen molar-refractivity contribution in [3.05, 3.63) is 0 Å². The number of aliphatic hydroxyl groups is 1. The summed E-state index contributed by atoms with van der Waals surface area (Å²) in [7, 11) is 0. The van der Waals surface area contributed by atoms with Crippen LogP contribution in [-0.4, -0.2) is 36.5 Å². The number of ether oxygens (including phenoxy) is 1. The van der Waals surface area contributed by atoms with Crippen molar-refractivity contribution in [3.8, 4) is 0 Å². The Bertz CT molecular complexity index is 270. The highest BCUT2D eigenvalue weighted by Gasteiger charge is 2.43. The monoisotopic (exact) mass is 253 g/mol. The van der Waals surface area contributed by atoms with E-state index in [1.807, 2.05) is 0 Å². The molecule has 2 N–H and O–H groups in total. The van der Waals surface area contributed by atoms with E-state index >= 15 is 0 Å². The molecule has 0 amide bonds. The van der Waals surface area contributed by atoms with E-state index in [1.54, 1.807) is 0 Å². The zero-order valence-corrected chi connectivity index (χ0v) is 11.4. The van der Waals surface area contributed by atoms with Gasteiger partial charge in [0, 0.05) is 6.61 Å². The van der Waals surface area contributed by atoms with E-state index in [9.17, 15) is 5.11 Å². The summed E-state index contributed by atoms with van der Waals surface area (Å²) in [6, 6.07) is 0. The maximum atomic E-state index is 10.7. The summed E-state index contributed by atoms with van der Waals surface area (Å²) in [6.07, 6.45) is 9.45. The molecule has 2 unspecified atom stereocenters. The molecule has 2 saturated heterocycles. The zero-order chi connectivity index (χ0) is 12.4. The fraction of sp³-hybridized carbons (Fsp3) is 1.00. The van der Waals surface area contributed by atoms with Gasteiger partial charge < -0.3 is 15.2 Å². The standard InChI is InChI=1S/C15H27NO2/c17-14(12-3-8-16-9-4-12)13-5-10-18-15(11-13)6-1-2-7-15/h12-14,16-17H,1-11H2. The van der Waals surface area contributed by atoms with Crippen LogP contribution in [0.1, 0.15) is 51.4 Å². The molecule has 104 valence electrons. The lowest BCUT2D eigenvalue weighted by atomic mass is 9.76. The van der Waals surface area contributed by atoms with Crippen LogP contribution in [0.15, 0.2) is 0 Å². The van der Waals surface area contributed by atoms with Crippen LogP contribution < -0.4 is 5.32 Å². The Morgan fingerprint density at radius 3 is 2.50 bits per heavy atom. The molecule has 0 aromatic carbocycles. The Morgan fingerprint density at radius 2 is 1.78 bits per heavy atom. The molecule has 0 aromatic rings. The van der Waals surface area contributed by atoms with Gasteiger partial charge in [-0.3, -0.25) is 0 Å². The topological polar surface area (TPSA) is 41.5 Å². The number of hydrogen-bond donors (Lipinski definition) is 2. The molecule has 1 spiro atoms. The summed E-state index contributed by atoms with van der Waals surface area (Å²) < 4.78 is 6.07. The van der Waals surface area contributed by atoms with Crippen LogP contribution in [0, 0.1) is 11.8 Å². The highest BCUT2D eigenvalue weighted by Crippen LogP contribution is 2.44. The molecule has 3 fully saturated rings. The highest BCUT2D eigenvalue weighted by atomic mass is 16.5. The van der Waals surface area contributed by atoms with Gasteiger partial charge in [0.05, 0.1) is 11.7 Å². The molecule has 3 aliphatic rings. The molecule has 0 bridgehead atoms. The van der Waals surface area contributed by atoms with Gasteiger partial charge in [-0.1, -0.05) is 12.8 Å². The van der Waals surface area contributed by atoms with E-state index in [-0.39, 0.29) is 11.7 Å². The maximum absolute atomic E-state index is 10.7. The van der Waals surface area contributed by atoms with Gasteiger partial charge >= 0.3 is 0 Å².